The maximum Gasteiger partial charge on any atom is 0.0598 e. The predicted octanol–water partition coefficient (Wildman–Crippen LogP) is 3.74. The Bertz CT molecular complexity index is 488. The molecule has 0 saturated carbocycles. The van der Waals surface area contributed by atoms with E-state index in [4.69, 9.17) is 29.6 Å². The van der Waals surface area contributed by atoms with Gasteiger partial charge in [-0.25, -0.2) is 0 Å². The molecule has 1 unspecified atom stereocenters. The molecule has 0 aromatic heterocycles. The fourth-order valence-corrected chi connectivity index (χ4v) is 3.26. The Morgan fingerprint density at radius 2 is 2.10 bits per heavy atom. The minimum absolute atomic E-state index is 0.226. The van der Waals surface area contributed by atoms with Gasteiger partial charge in [-0.15, -0.1) is 6.42 Å². The van der Waals surface area contributed by atoms with Crippen molar-refractivity contribution >= 4 is 23.2 Å². The summed E-state index contributed by atoms with van der Waals surface area (Å²) in [6, 6.07) is 6.42. The number of halogens is 2. The van der Waals surface area contributed by atoms with Crippen molar-refractivity contribution in [2.45, 2.75) is 31.8 Å². The topological polar surface area (TPSA) is 15.3 Å². The van der Waals surface area contributed by atoms with Crippen LogP contribution in [0, 0.1) is 12.3 Å². The monoisotopic (exact) mass is 310 g/mol. The largest absolute Gasteiger partial charge is 0.307 e. The normalized spacial score (nSPS) is 18.7. The Kier molecular flexibility index (Phi) is 5.74. The molecule has 1 atom stereocenters. The van der Waals surface area contributed by atoms with Crippen molar-refractivity contribution in [2.24, 2.45) is 0 Å². The summed E-state index contributed by atoms with van der Waals surface area (Å²) in [5, 5.41) is 5.05. The van der Waals surface area contributed by atoms with Crippen LogP contribution in [-0.2, 0) is 0 Å². The van der Waals surface area contributed by atoms with Crippen LogP contribution in [-0.4, -0.2) is 30.6 Å². The van der Waals surface area contributed by atoms with E-state index in [0.717, 1.165) is 43.1 Å². The van der Waals surface area contributed by atoms with Gasteiger partial charge in [0.2, 0.25) is 0 Å². The van der Waals surface area contributed by atoms with Crippen LogP contribution in [0.25, 0.3) is 0 Å². The van der Waals surface area contributed by atoms with Crippen LogP contribution in [0.2, 0.25) is 10.0 Å². The van der Waals surface area contributed by atoms with Crippen LogP contribution in [0.4, 0.5) is 0 Å². The first-order chi connectivity index (χ1) is 9.60. The van der Waals surface area contributed by atoms with Gasteiger partial charge in [-0.3, -0.25) is 4.90 Å². The number of hydrogen-bond acceptors (Lipinski definition) is 2. The molecule has 1 saturated heterocycles. The zero-order valence-electron chi connectivity index (χ0n) is 11.7. The average molecular weight is 311 g/mol. The molecule has 108 valence electrons. The van der Waals surface area contributed by atoms with Crippen molar-refractivity contribution in [3.8, 4) is 12.3 Å². The summed E-state index contributed by atoms with van der Waals surface area (Å²) < 4.78 is 0. The highest BCUT2D eigenvalue weighted by Crippen LogP contribution is 2.27. The van der Waals surface area contributed by atoms with Crippen molar-refractivity contribution in [1.29, 1.82) is 0 Å². The molecule has 1 aromatic rings. The molecule has 1 aliphatic rings. The molecule has 1 heterocycles. The van der Waals surface area contributed by atoms with Crippen molar-refractivity contribution in [3.63, 3.8) is 0 Å². The third-order valence-corrected chi connectivity index (χ3v) is 4.38. The molecule has 1 N–H and O–H groups in total. The zero-order chi connectivity index (χ0) is 14.5. The summed E-state index contributed by atoms with van der Waals surface area (Å²) in [4.78, 5) is 2.32. The van der Waals surface area contributed by atoms with Gasteiger partial charge in [-0.1, -0.05) is 35.2 Å². The smallest absolute Gasteiger partial charge is 0.0598 e. The third kappa shape index (κ3) is 4.14. The van der Waals surface area contributed by atoms with Crippen LogP contribution < -0.4 is 5.32 Å². The standard InChI is InChI=1S/C16H20Cl2N2/c1-3-8-20-9-6-14(7-10-20)19-12(2)15-5-4-13(17)11-16(15)18/h1,4-5,11-12,14,19H,6-10H2,2H3. The number of benzene rings is 1. The molecule has 4 heteroatoms. The summed E-state index contributed by atoms with van der Waals surface area (Å²) >= 11 is 12.2. The summed E-state index contributed by atoms with van der Waals surface area (Å²) in [5.41, 5.74) is 1.10. The second-order valence-electron chi connectivity index (χ2n) is 5.31. The fourth-order valence-electron chi connectivity index (χ4n) is 2.68. The molecule has 1 aromatic carbocycles. The lowest BCUT2D eigenvalue weighted by Crippen LogP contribution is -2.43. The lowest BCUT2D eigenvalue weighted by molar-refractivity contribution is 0.211. The molecule has 1 aliphatic heterocycles. The number of piperidine rings is 1. The number of rotatable bonds is 4. The van der Waals surface area contributed by atoms with Gasteiger partial charge in [-0.05, 0) is 37.5 Å². The van der Waals surface area contributed by atoms with Crippen molar-refractivity contribution in [2.75, 3.05) is 19.6 Å². The van der Waals surface area contributed by atoms with Crippen LogP contribution >= 0.6 is 23.2 Å². The Morgan fingerprint density at radius 1 is 1.40 bits per heavy atom. The van der Waals surface area contributed by atoms with E-state index in [1.807, 2.05) is 12.1 Å². The predicted molar refractivity (Wildman–Crippen MR) is 86.3 cm³/mol. The van der Waals surface area contributed by atoms with E-state index in [0.29, 0.717) is 11.1 Å². The van der Waals surface area contributed by atoms with Crippen molar-refractivity contribution in [3.05, 3.63) is 33.8 Å². The molecular weight excluding hydrogens is 291 g/mol. The molecule has 2 nitrogen and oxygen atoms in total. The number of nitrogens with zero attached hydrogens (tertiary/aromatic N) is 1. The molecule has 0 spiro atoms. The molecule has 1 fully saturated rings. The highest BCUT2D eigenvalue weighted by molar-refractivity contribution is 6.35. The molecular formula is C16H20Cl2N2. The first-order valence-electron chi connectivity index (χ1n) is 6.97. The number of terminal acetylenes is 1. The van der Waals surface area contributed by atoms with Gasteiger partial charge in [0.25, 0.3) is 0 Å². The van der Waals surface area contributed by atoms with Gasteiger partial charge >= 0.3 is 0 Å². The number of likely N-dealkylation sites (tertiary alicyclic amines) is 1. The van der Waals surface area contributed by atoms with Gasteiger partial charge in [0, 0.05) is 35.2 Å². The van der Waals surface area contributed by atoms with Gasteiger partial charge < -0.3 is 5.32 Å². The second-order valence-corrected chi connectivity index (χ2v) is 6.15. The van der Waals surface area contributed by atoms with Gasteiger partial charge in [0.1, 0.15) is 0 Å². The molecule has 0 bridgehead atoms. The first kappa shape index (κ1) is 15.7. The van der Waals surface area contributed by atoms with E-state index >= 15 is 0 Å². The van der Waals surface area contributed by atoms with Crippen LogP contribution in [0.3, 0.4) is 0 Å². The summed E-state index contributed by atoms with van der Waals surface area (Å²) in [6.07, 6.45) is 7.59. The van der Waals surface area contributed by atoms with E-state index in [9.17, 15) is 0 Å². The third-order valence-electron chi connectivity index (χ3n) is 3.82. The first-order valence-corrected chi connectivity index (χ1v) is 7.72. The van der Waals surface area contributed by atoms with Gasteiger partial charge in [0.15, 0.2) is 0 Å². The van der Waals surface area contributed by atoms with E-state index in [1.54, 1.807) is 6.07 Å². The average Bonchev–Trinajstić information content (AvgIpc) is 2.41. The molecule has 20 heavy (non-hydrogen) atoms. The lowest BCUT2D eigenvalue weighted by atomic mass is 10.0. The van der Waals surface area contributed by atoms with Crippen molar-refractivity contribution < 1.29 is 0 Å². The highest BCUT2D eigenvalue weighted by atomic mass is 35.5. The minimum atomic E-state index is 0.226. The number of hydrogen-bond donors (Lipinski definition) is 1. The lowest BCUT2D eigenvalue weighted by Gasteiger charge is -2.33. The van der Waals surface area contributed by atoms with Crippen LogP contribution in [0.1, 0.15) is 31.4 Å². The Labute approximate surface area is 131 Å². The minimum Gasteiger partial charge on any atom is -0.307 e. The Balaban J connectivity index is 1.89. The zero-order valence-corrected chi connectivity index (χ0v) is 13.2. The van der Waals surface area contributed by atoms with Crippen LogP contribution in [0.5, 0.6) is 0 Å². The highest BCUT2D eigenvalue weighted by Gasteiger charge is 2.21. The number of nitrogens with one attached hydrogen (secondary N) is 1. The maximum absolute atomic E-state index is 6.25. The fraction of sp³-hybridized carbons (Fsp3) is 0.500. The van der Waals surface area contributed by atoms with E-state index < -0.39 is 0 Å². The van der Waals surface area contributed by atoms with E-state index in [1.165, 1.54) is 0 Å². The van der Waals surface area contributed by atoms with Crippen molar-refractivity contribution in [1.82, 2.24) is 10.2 Å². The SMILES string of the molecule is C#CCN1CCC(NC(C)c2ccc(Cl)cc2Cl)CC1. The second kappa shape index (κ2) is 7.33. The van der Waals surface area contributed by atoms with E-state index in [-0.39, 0.29) is 6.04 Å². The van der Waals surface area contributed by atoms with Gasteiger partial charge in [0.05, 0.1) is 6.54 Å². The molecule has 0 amide bonds. The Morgan fingerprint density at radius 3 is 2.70 bits per heavy atom. The summed E-state index contributed by atoms with van der Waals surface area (Å²) in [7, 11) is 0. The summed E-state index contributed by atoms with van der Waals surface area (Å²) in [5.74, 6) is 2.71. The Hall–Kier alpha value is -0.720. The van der Waals surface area contributed by atoms with E-state index in [2.05, 4.69) is 23.1 Å². The quantitative estimate of drug-likeness (QED) is 0.852. The molecule has 0 radical (unpaired) electrons. The van der Waals surface area contributed by atoms with Gasteiger partial charge in [-0.2, -0.15) is 0 Å². The van der Waals surface area contributed by atoms with Crippen LogP contribution in [0.15, 0.2) is 18.2 Å². The molecule has 2 rings (SSSR count). The maximum atomic E-state index is 6.25. The summed E-state index contributed by atoms with van der Waals surface area (Å²) in [6.45, 7) is 5.01. The molecule has 0 aliphatic carbocycles.